The molecule has 0 spiro atoms. The van der Waals surface area contributed by atoms with Crippen LogP contribution in [0.4, 0.5) is 5.82 Å². The monoisotopic (exact) mass is 209 g/mol. The number of nitrogens with zero attached hydrogens (tertiary/aromatic N) is 2. The lowest BCUT2D eigenvalue weighted by atomic mass is 10.0. The zero-order valence-electron chi connectivity index (χ0n) is 8.74. The molecule has 0 aliphatic carbocycles. The first-order chi connectivity index (χ1) is 6.58. The predicted molar refractivity (Wildman–Crippen MR) is 60.7 cm³/mol. The summed E-state index contributed by atoms with van der Waals surface area (Å²) in [5, 5.41) is 3.44. The van der Waals surface area contributed by atoms with Crippen LogP contribution in [-0.2, 0) is 0 Å². The fraction of sp³-hybridized carbons (Fsp3) is 0.600. The van der Waals surface area contributed by atoms with Gasteiger partial charge in [-0.3, -0.25) is 0 Å². The van der Waals surface area contributed by atoms with Gasteiger partial charge < -0.3 is 5.32 Å². The van der Waals surface area contributed by atoms with Crippen LogP contribution in [0.1, 0.15) is 19.5 Å². The Balaban J connectivity index is 2.05. The van der Waals surface area contributed by atoms with Crippen molar-refractivity contribution in [3.8, 4) is 0 Å². The fourth-order valence-corrected chi connectivity index (χ4v) is 2.57. The molecule has 0 amide bonds. The zero-order chi connectivity index (χ0) is 10.2. The molecule has 1 aromatic rings. The number of nitrogens with one attached hydrogen (secondary N) is 1. The molecule has 1 fully saturated rings. The molecule has 0 bridgehead atoms. The Kier molecular flexibility index (Phi) is 2.39. The minimum Gasteiger partial charge on any atom is -0.365 e. The standard InChI is InChI=1S/C10H15N3S/c1-7-4-9(12-6-11-7)13-8-5-14-10(8,2)3/h4,6,8H,5H2,1-3H3,(H,11,12,13). The highest BCUT2D eigenvalue weighted by molar-refractivity contribution is 8.02. The van der Waals surface area contributed by atoms with Crippen LogP contribution in [0.3, 0.4) is 0 Å². The molecule has 1 saturated heterocycles. The Morgan fingerprint density at radius 1 is 1.50 bits per heavy atom. The van der Waals surface area contributed by atoms with Crippen molar-refractivity contribution < 1.29 is 0 Å². The van der Waals surface area contributed by atoms with Gasteiger partial charge in [-0.15, -0.1) is 0 Å². The van der Waals surface area contributed by atoms with E-state index in [1.54, 1.807) is 6.33 Å². The molecule has 0 radical (unpaired) electrons. The van der Waals surface area contributed by atoms with Crippen molar-refractivity contribution in [1.29, 1.82) is 0 Å². The van der Waals surface area contributed by atoms with Gasteiger partial charge in [0.2, 0.25) is 0 Å². The molecular formula is C10H15N3S. The van der Waals surface area contributed by atoms with Crippen LogP contribution in [-0.4, -0.2) is 26.5 Å². The molecule has 2 heterocycles. The SMILES string of the molecule is Cc1cc(NC2CSC2(C)C)ncn1. The Hall–Kier alpha value is -0.770. The Morgan fingerprint density at radius 3 is 2.79 bits per heavy atom. The number of aromatic nitrogens is 2. The molecule has 0 saturated carbocycles. The molecule has 2 rings (SSSR count). The number of rotatable bonds is 2. The van der Waals surface area contributed by atoms with Crippen LogP contribution < -0.4 is 5.32 Å². The lowest BCUT2D eigenvalue weighted by Crippen LogP contribution is -2.50. The van der Waals surface area contributed by atoms with Gasteiger partial charge in [-0.25, -0.2) is 9.97 Å². The third-order valence-electron chi connectivity index (χ3n) is 2.59. The van der Waals surface area contributed by atoms with E-state index in [0.29, 0.717) is 10.8 Å². The number of hydrogen-bond donors (Lipinski definition) is 1. The second-order valence-corrected chi connectivity index (χ2v) is 5.83. The van der Waals surface area contributed by atoms with Gasteiger partial charge in [-0.2, -0.15) is 11.8 Å². The second-order valence-electron chi connectivity index (χ2n) is 4.16. The topological polar surface area (TPSA) is 37.8 Å². The number of aryl methyl sites for hydroxylation is 1. The molecule has 1 atom stereocenters. The van der Waals surface area contributed by atoms with Crippen molar-refractivity contribution in [3.05, 3.63) is 18.1 Å². The van der Waals surface area contributed by atoms with E-state index >= 15 is 0 Å². The van der Waals surface area contributed by atoms with E-state index in [4.69, 9.17) is 0 Å². The number of hydrogen-bond acceptors (Lipinski definition) is 4. The van der Waals surface area contributed by atoms with Gasteiger partial charge in [-0.05, 0) is 20.8 Å². The summed E-state index contributed by atoms with van der Waals surface area (Å²) < 4.78 is 0.332. The van der Waals surface area contributed by atoms with Gasteiger partial charge >= 0.3 is 0 Å². The molecule has 4 heteroatoms. The maximum absolute atomic E-state index is 4.20. The maximum Gasteiger partial charge on any atom is 0.129 e. The maximum atomic E-state index is 4.20. The highest BCUT2D eigenvalue weighted by Crippen LogP contribution is 2.41. The number of thioether (sulfide) groups is 1. The second kappa shape index (κ2) is 3.42. The van der Waals surface area contributed by atoms with Gasteiger partial charge in [0.05, 0.1) is 6.04 Å². The molecular weight excluding hydrogens is 194 g/mol. The summed E-state index contributed by atoms with van der Waals surface area (Å²) in [7, 11) is 0. The smallest absolute Gasteiger partial charge is 0.129 e. The van der Waals surface area contributed by atoms with Gasteiger partial charge in [-0.1, -0.05) is 0 Å². The molecule has 1 aliphatic heterocycles. The van der Waals surface area contributed by atoms with Gasteiger partial charge in [0, 0.05) is 22.3 Å². The lowest BCUT2D eigenvalue weighted by Gasteiger charge is -2.44. The van der Waals surface area contributed by atoms with Crippen LogP contribution in [0.2, 0.25) is 0 Å². The van der Waals surface area contributed by atoms with E-state index in [0.717, 1.165) is 17.3 Å². The Bertz CT molecular complexity index is 338. The quantitative estimate of drug-likeness (QED) is 0.809. The van der Waals surface area contributed by atoms with Crippen LogP contribution in [0.25, 0.3) is 0 Å². The average molecular weight is 209 g/mol. The normalized spacial score (nSPS) is 24.1. The first-order valence-electron chi connectivity index (χ1n) is 4.77. The zero-order valence-corrected chi connectivity index (χ0v) is 9.56. The molecule has 76 valence electrons. The summed E-state index contributed by atoms with van der Waals surface area (Å²) in [6.45, 7) is 6.49. The van der Waals surface area contributed by atoms with Crippen molar-refractivity contribution in [2.75, 3.05) is 11.1 Å². The largest absolute Gasteiger partial charge is 0.365 e. The highest BCUT2D eigenvalue weighted by Gasteiger charge is 2.39. The van der Waals surface area contributed by atoms with E-state index < -0.39 is 0 Å². The fourth-order valence-electron chi connectivity index (χ4n) is 1.43. The third-order valence-corrected chi connectivity index (χ3v) is 4.12. The van der Waals surface area contributed by atoms with E-state index in [2.05, 4.69) is 29.1 Å². The van der Waals surface area contributed by atoms with Gasteiger partial charge in [0.25, 0.3) is 0 Å². The number of anilines is 1. The molecule has 1 unspecified atom stereocenters. The highest BCUT2D eigenvalue weighted by atomic mass is 32.2. The van der Waals surface area contributed by atoms with Crippen molar-refractivity contribution in [3.63, 3.8) is 0 Å². The molecule has 1 aromatic heterocycles. The molecule has 1 aliphatic rings. The van der Waals surface area contributed by atoms with E-state index in [1.165, 1.54) is 0 Å². The van der Waals surface area contributed by atoms with Crippen molar-refractivity contribution in [2.24, 2.45) is 0 Å². The van der Waals surface area contributed by atoms with Crippen molar-refractivity contribution in [2.45, 2.75) is 31.6 Å². The van der Waals surface area contributed by atoms with E-state index in [1.807, 2.05) is 24.8 Å². The first-order valence-corrected chi connectivity index (χ1v) is 5.75. The van der Waals surface area contributed by atoms with Crippen LogP contribution in [0.15, 0.2) is 12.4 Å². The molecule has 1 N–H and O–H groups in total. The molecule has 0 aromatic carbocycles. The summed E-state index contributed by atoms with van der Waals surface area (Å²) in [4.78, 5) is 8.27. The Labute approximate surface area is 88.7 Å². The summed E-state index contributed by atoms with van der Waals surface area (Å²) in [6.07, 6.45) is 1.61. The van der Waals surface area contributed by atoms with Gasteiger partial charge in [0.15, 0.2) is 0 Å². The van der Waals surface area contributed by atoms with Crippen LogP contribution >= 0.6 is 11.8 Å². The minimum absolute atomic E-state index is 0.332. The van der Waals surface area contributed by atoms with E-state index in [-0.39, 0.29) is 0 Å². The third kappa shape index (κ3) is 1.85. The summed E-state index contributed by atoms with van der Waals surface area (Å²) >= 11 is 1.99. The van der Waals surface area contributed by atoms with E-state index in [9.17, 15) is 0 Å². The van der Waals surface area contributed by atoms with Crippen molar-refractivity contribution >= 4 is 17.6 Å². The van der Waals surface area contributed by atoms with Crippen LogP contribution in [0.5, 0.6) is 0 Å². The molecule has 3 nitrogen and oxygen atoms in total. The first kappa shape index (κ1) is 9.77. The predicted octanol–water partition coefficient (Wildman–Crippen LogP) is 2.09. The summed E-state index contributed by atoms with van der Waals surface area (Å²) in [5.41, 5.74) is 1.01. The Morgan fingerprint density at radius 2 is 2.29 bits per heavy atom. The van der Waals surface area contributed by atoms with Crippen LogP contribution in [0, 0.1) is 6.92 Å². The lowest BCUT2D eigenvalue weighted by molar-refractivity contribution is 0.574. The molecule has 14 heavy (non-hydrogen) atoms. The average Bonchev–Trinajstić information content (AvgIpc) is 2.13. The van der Waals surface area contributed by atoms with Gasteiger partial charge in [0.1, 0.15) is 12.1 Å². The summed E-state index contributed by atoms with van der Waals surface area (Å²) in [5.74, 6) is 2.10. The summed E-state index contributed by atoms with van der Waals surface area (Å²) in [6, 6.07) is 2.51. The minimum atomic E-state index is 0.332. The van der Waals surface area contributed by atoms with Crippen molar-refractivity contribution in [1.82, 2.24) is 9.97 Å².